The molecule has 0 radical (unpaired) electrons. The van der Waals surface area contributed by atoms with Crippen LogP contribution in [0.15, 0.2) is 24.3 Å². The van der Waals surface area contributed by atoms with Gasteiger partial charge in [0.15, 0.2) is 0 Å². The van der Waals surface area contributed by atoms with Crippen LogP contribution in [0.25, 0.3) is 0 Å². The largest absolute Gasteiger partial charge is 0.497 e. The molecule has 0 saturated heterocycles. The maximum absolute atomic E-state index is 12.3. The molecular weight excluding hydrogens is 266 g/mol. The predicted molar refractivity (Wildman–Crippen MR) is 84.6 cm³/mol. The number of nitrogens with zero attached hydrogens (tertiary/aromatic N) is 1. The van der Waals surface area contributed by atoms with Crippen molar-refractivity contribution in [2.45, 2.75) is 26.7 Å². The van der Waals surface area contributed by atoms with Gasteiger partial charge in [-0.1, -0.05) is 26.0 Å². The maximum Gasteiger partial charge on any atom is 0.222 e. The molecule has 4 nitrogen and oxygen atoms in total. The van der Waals surface area contributed by atoms with Crippen LogP contribution in [0.3, 0.4) is 0 Å². The lowest BCUT2D eigenvalue weighted by molar-refractivity contribution is -0.132. The summed E-state index contributed by atoms with van der Waals surface area (Å²) in [4.78, 5) is 14.2. The van der Waals surface area contributed by atoms with Crippen molar-refractivity contribution in [2.24, 2.45) is 5.92 Å². The van der Waals surface area contributed by atoms with E-state index in [4.69, 9.17) is 9.47 Å². The molecule has 21 heavy (non-hydrogen) atoms. The van der Waals surface area contributed by atoms with E-state index < -0.39 is 0 Å². The predicted octanol–water partition coefficient (Wildman–Crippen LogP) is 2.76. The van der Waals surface area contributed by atoms with Gasteiger partial charge in [0, 0.05) is 26.6 Å². The summed E-state index contributed by atoms with van der Waals surface area (Å²) in [6.07, 6.45) is 1.28. The molecule has 1 aromatic rings. The Morgan fingerprint density at radius 1 is 1.19 bits per heavy atom. The van der Waals surface area contributed by atoms with Crippen LogP contribution in [-0.4, -0.2) is 44.7 Å². The first-order valence-corrected chi connectivity index (χ1v) is 7.46. The Morgan fingerprint density at radius 2 is 1.86 bits per heavy atom. The van der Waals surface area contributed by atoms with Gasteiger partial charge >= 0.3 is 0 Å². The highest BCUT2D eigenvalue weighted by Gasteiger charge is 2.14. The van der Waals surface area contributed by atoms with Crippen molar-refractivity contribution >= 4 is 5.91 Å². The summed E-state index contributed by atoms with van der Waals surface area (Å²) in [6, 6.07) is 7.87. The molecule has 0 aromatic heterocycles. The molecule has 0 atom stereocenters. The highest BCUT2D eigenvalue weighted by molar-refractivity contribution is 5.76. The van der Waals surface area contributed by atoms with E-state index >= 15 is 0 Å². The molecule has 118 valence electrons. The fraction of sp³-hybridized carbons (Fsp3) is 0.588. The molecule has 0 spiro atoms. The van der Waals surface area contributed by atoms with Gasteiger partial charge in [0.25, 0.3) is 0 Å². The van der Waals surface area contributed by atoms with Crippen LogP contribution in [0.1, 0.15) is 25.8 Å². The molecule has 0 aliphatic rings. The quantitative estimate of drug-likeness (QED) is 0.703. The van der Waals surface area contributed by atoms with Gasteiger partial charge in [-0.15, -0.1) is 0 Å². The molecule has 0 fully saturated rings. The van der Waals surface area contributed by atoms with Crippen LogP contribution in [0, 0.1) is 5.92 Å². The number of carbonyl (C=O) groups excluding carboxylic acids is 1. The minimum Gasteiger partial charge on any atom is -0.497 e. The van der Waals surface area contributed by atoms with E-state index in [0.29, 0.717) is 25.5 Å². The Labute approximate surface area is 128 Å². The van der Waals surface area contributed by atoms with Crippen LogP contribution in [0.5, 0.6) is 5.75 Å². The van der Waals surface area contributed by atoms with Crippen LogP contribution >= 0.6 is 0 Å². The number of amides is 1. The molecule has 0 saturated carbocycles. The normalized spacial score (nSPS) is 10.7. The van der Waals surface area contributed by atoms with Crippen LogP contribution in [-0.2, 0) is 16.0 Å². The maximum atomic E-state index is 12.3. The Morgan fingerprint density at radius 3 is 2.38 bits per heavy atom. The lowest BCUT2D eigenvalue weighted by atomic mass is 10.1. The van der Waals surface area contributed by atoms with Crippen molar-refractivity contribution in [1.29, 1.82) is 0 Å². The molecule has 0 bridgehead atoms. The van der Waals surface area contributed by atoms with Gasteiger partial charge in [-0.3, -0.25) is 4.79 Å². The molecule has 0 aliphatic heterocycles. The summed E-state index contributed by atoms with van der Waals surface area (Å²) in [7, 11) is 3.31. The van der Waals surface area contributed by atoms with Crippen molar-refractivity contribution < 1.29 is 14.3 Å². The van der Waals surface area contributed by atoms with Crippen LogP contribution in [0.2, 0.25) is 0 Å². The summed E-state index contributed by atoms with van der Waals surface area (Å²) >= 11 is 0. The highest BCUT2D eigenvalue weighted by Crippen LogP contribution is 2.13. The topological polar surface area (TPSA) is 38.8 Å². The molecule has 0 heterocycles. The zero-order valence-corrected chi connectivity index (χ0v) is 13.6. The molecule has 0 aliphatic carbocycles. The van der Waals surface area contributed by atoms with E-state index in [1.54, 1.807) is 14.2 Å². The zero-order valence-electron chi connectivity index (χ0n) is 13.6. The van der Waals surface area contributed by atoms with Gasteiger partial charge in [0.1, 0.15) is 5.75 Å². The number of methoxy groups -OCH3 is 2. The monoisotopic (exact) mass is 293 g/mol. The number of hydrogen-bond donors (Lipinski definition) is 0. The lowest BCUT2D eigenvalue weighted by Crippen LogP contribution is -2.36. The van der Waals surface area contributed by atoms with Gasteiger partial charge in [0.2, 0.25) is 5.91 Å². The van der Waals surface area contributed by atoms with Crippen LogP contribution < -0.4 is 4.74 Å². The number of rotatable bonds is 9. The SMILES string of the molecule is COCCN(CC(C)C)C(=O)CCc1ccc(OC)cc1. The van der Waals surface area contributed by atoms with E-state index in [9.17, 15) is 4.79 Å². The molecule has 4 heteroatoms. The van der Waals surface area contributed by atoms with Crippen molar-refractivity contribution in [3.05, 3.63) is 29.8 Å². The van der Waals surface area contributed by atoms with Crippen molar-refractivity contribution in [2.75, 3.05) is 33.9 Å². The molecule has 0 unspecified atom stereocenters. The Bertz CT molecular complexity index is 415. The third-order valence-electron chi connectivity index (χ3n) is 3.29. The Kier molecular flexibility index (Phi) is 7.83. The first-order valence-electron chi connectivity index (χ1n) is 7.46. The van der Waals surface area contributed by atoms with E-state index in [-0.39, 0.29) is 5.91 Å². The lowest BCUT2D eigenvalue weighted by Gasteiger charge is -2.24. The molecule has 1 amide bonds. The second-order valence-corrected chi connectivity index (χ2v) is 5.57. The first-order chi connectivity index (χ1) is 10.1. The summed E-state index contributed by atoms with van der Waals surface area (Å²) < 4.78 is 10.2. The smallest absolute Gasteiger partial charge is 0.222 e. The van der Waals surface area contributed by atoms with Gasteiger partial charge < -0.3 is 14.4 Å². The van der Waals surface area contributed by atoms with Gasteiger partial charge in [-0.05, 0) is 30.0 Å². The fourth-order valence-corrected chi connectivity index (χ4v) is 2.16. The zero-order chi connectivity index (χ0) is 15.7. The summed E-state index contributed by atoms with van der Waals surface area (Å²) in [5.74, 6) is 1.50. The summed E-state index contributed by atoms with van der Waals surface area (Å²) in [6.45, 7) is 6.27. The Balaban J connectivity index is 2.50. The van der Waals surface area contributed by atoms with Gasteiger partial charge in [-0.2, -0.15) is 0 Å². The van der Waals surface area contributed by atoms with E-state index in [1.807, 2.05) is 29.2 Å². The molecule has 1 aromatic carbocycles. The van der Waals surface area contributed by atoms with Gasteiger partial charge in [0.05, 0.1) is 13.7 Å². The number of carbonyl (C=O) groups is 1. The second-order valence-electron chi connectivity index (χ2n) is 5.57. The number of benzene rings is 1. The fourth-order valence-electron chi connectivity index (χ4n) is 2.16. The molecule has 1 rings (SSSR count). The second kappa shape index (κ2) is 9.40. The van der Waals surface area contributed by atoms with Crippen LogP contribution in [0.4, 0.5) is 0 Å². The van der Waals surface area contributed by atoms with E-state index in [1.165, 1.54) is 0 Å². The van der Waals surface area contributed by atoms with E-state index in [2.05, 4.69) is 13.8 Å². The number of aryl methyl sites for hydroxylation is 1. The third kappa shape index (κ3) is 6.63. The minimum atomic E-state index is 0.191. The molecular formula is C17H27NO3. The summed E-state index contributed by atoms with van der Waals surface area (Å²) in [5.41, 5.74) is 1.15. The third-order valence-corrected chi connectivity index (χ3v) is 3.29. The summed E-state index contributed by atoms with van der Waals surface area (Å²) in [5, 5.41) is 0. The number of hydrogen-bond acceptors (Lipinski definition) is 3. The average molecular weight is 293 g/mol. The highest BCUT2D eigenvalue weighted by atomic mass is 16.5. The molecule has 0 N–H and O–H groups in total. The van der Waals surface area contributed by atoms with Gasteiger partial charge in [-0.25, -0.2) is 0 Å². The first kappa shape index (κ1) is 17.5. The number of ether oxygens (including phenoxy) is 2. The average Bonchev–Trinajstić information content (AvgIpc) is 2.49. The standard InChI is InChI=1S/C17H27NO3/c1-14(2)13-18(11-12-20-3)17(19)10-7-15-5-8-16(21-4)9-6-15/h5-6,8-9,14H,7,10-13H2,1-4H3. The Hall–Kier alpha value is -1.55. The van der Waals surface area contributed by atoms with Crippen molar-refractivity contribution in [1.82, 2.24) is 4.90 Å². The van der Waals surface area contributed by atoms with Crippen molar-refractivity contribution in [3.8, 4) is 5.75 Å². The van der Waals surface area contributed by atoms with E-state index in [0.717, 1.165) is 24.3 Å². The van der Waals surface area contributed by atoms with Crippen molar-refractivity contribution in [3.63, 3.8) is 0 Å². The minimum absolute atomic E-state index is 0.191.